The Kier molecular flexibility index (Phi) is 7.13. The fourth-order valence-electron chi connectivity index (χ4n) is 1.47. The van der Waals surface area contributed by atoms with Crippen LogP contribution in [0.5, 0.6) is 0 Å². The summed E-state index contributed by atoms with van der Waals surface area (Å²) in [4.78, 5) is 0. The molecule has 0 bridgehead atoms. The first-order chi connectivity index (χ1) is 8.33. The second-order valence-corrected chi connectivity index (χ2v) is 4.00. The SMILES string of the molecule is CCC[C@H](N)C#CCCOCc1ccccc1. The molecule has 17 heavy (non-hydrogen) atoms. The number of rotatable bonds is 6. The molecule has 0 aliphatic rings. The van der Waals surface area contributed by atoms with Gasteiger partial charge in [-0.1, -0.05) is 55.5 Å². The van der Waals surface area contributed by atoms with Crippen molar-refractivity contribution in [1.82, 2.24) is 0 Å². The van der Waals surface area contributed by atoms with Gasteiger partial charge in [0.25, 0.3) is 0 Å². The average molecular weight is 231 g/mol. The van der Waals surface area contributed by atoms with E-state index in [2.05, 4.69) is 30.9 Å². The molecule has 0 saturated carbocycles. The highest BCUT2D eigenvalue weighted by molar-refractivity contribution is 5.13. The minimum absolute atomic E-state index is 0.0223. The molecule has 2 nitrogen and oxygen atoms in total. The normalized spacial score (nSPS) is 11.6. The average Bonchev–Trinajstić information content (AvgIpc) is 2.35. The Morgan fingerprint density at radius 2 is 2.06 bits per heavy atom. The molecule has 2 heteroatoms. The number of nitrogens with two attached hydrogens (primary N) is 1. The van der Waals surface area contributed by atoms with Crippen LogP contribution in [0, 0.1) is 11.8 Å². The lowest BCUT2D eigenvalue weighted by Crippen LogP contribution is -2.16. The Hall–Kier alpha value is -1.30. The summed E-state index contributed by atoms with van der Waals surface area (Å²) in [5, 5.41) is 0. The topological polar surface area (TPSA) is 35.2 Å². The largest absolute Gasteiger partial charge is 0.376 e. The van der Waals surface area contributed by atoms with Gasteiger partial charge in [0.15, 0.2) is 0 Å². The van der Waals surface area contributed by atoms with Crippen LogP contribution in [0.2, 0.25) is 0 Å². The highest BCUT2D eigenvalue weighted by atomic mass is 16.5. The van der Waals surface area contributed by atoms with Gasteiger partial charge in [-0.3, -0.25) is 0 Å². The fraction of sp³-hybridized carbons (Fsp3) is 0.467. The quantitative estimate of drug-likeness (QED) is 0.603. The van der Waals surface area contributed by atoms with Crippen LogP contribution in [0.25, 0.3) is 0 Å². The molecule has 1 rings (SSSR count). The maximum Gasteiger partial charge on any atom is 0.0717 e. The summed E-state index contributed by atoms with van der Waals surface area (Å²) < 4.78 is 5.52. The fourth-order valence-corrected chi connectivity index (χ4v) is 1.47. The number of benzene rings is 1. The standard InChI is InChI=1S/C15H21NO/c1-2-8-15(16)11-6-7-12-17-13-14-9-4-3-5-10-14/h3-5,9-10,15H,2,7-8,12-13,16H2,1H3/t15-/m0/s1. The molecule has 1 aromatic carbocycles. The van der Waals surface area contributed by atoms with E-state index in [9.17, 15) is 0 Å². The molecule has 0 spiro atoms. The first-order valence-corrected chi connectivity index (χ1v) is 6.18. The van der Waals surface area contributed by atoms with Crippen molar-refractivity contribution in [3.05, 3.63) is 35.9 Å². The highest BCUT2D eigenvalue weighted by Gasteiger charge is 1.93. The summed E-state index contributed by atoms with van der Waals surface area (Å²) in [6.07, 6.45) is 2.81. The molecule has 1 atom stereocenters. The van der Waals surface area contributed by atoms with Crippen molar-refractivity contribution in [1.29, 1.82) is 0 Å². The molecular formula is C15H21NO. The molecule has 2 N–H and O–H groups in total. The zero-order valence-corrected chi connectivity index (χ0v) is 10.5. The van der Waals surface area contributed by atoms with Crippen LogP contribution < -0.4 is 5.73 Å². The minimum atomic E-state index is 0.0223. The van der Waals surface area contributed by atoms with Crippen LogP contribution >= 0.6 is 0 Å². The first-order valence-electron chi connectivity index (χ1n) is 6.18. The van der Waals surface area contributed by atoms with Gasteiger partial charge in [0.2, 0.25) is 0 Å². The van der Waals surface area contributed by atoms with E-state index in [4.69, 9.17) is 10.5 Å². The molecule has 0 radical (unpaired) electrons. The van der Waals surface area contributed by atoms with Crippen molar-refractivity contribution in [2.45, 2.75) is 38.8 Å². The summed E-state index contributed by atoms with van der Waals surface area (Å²) in [7, 11) is 0. The third-order valence-electron chi connectivity index (χ3n) is 2.37. The lowest BCUT2D eigenvalue weighted by atomic mass is 10.2. The number of hydrogen-bond donors (Lipinski definition) is 1. The Morgan fingerprint density at radius 3 is 2.76 bits per heavy atom. The van der Waals surface area contributed by atoms with Crippen molar-refractivity contribution in [2.24, 2.45) is 5.73 Å². The molecule has 0 fully saturated rings. The van der Waals surface area contributed by atoms with Gasteiger partial charge in [-0.05, 0) is 12.0 Å². The van der Waals surface area contributed by atoms with Gasteiger partial charge in [0, 0.05) is 6.42 Å². The van der Waals surface area contributed by atoms with Gasteiger partial charge in [0.1, 0.15) is 0 Å². The Morgan fingerprint density at radius 1 is 1.29 bits per heavy atom. The molecule has 0 unspecified atom stereocenters. The van der Waals surface area contributed by atoms with Crippen LogP contribution in [0.15, 0.2) is 30.3 Å². The van der Waals surface area contributed by atoms with Crippen LogP contribution in [-0.4, -0.2) is 12.6 Å². The van der Waals surface area contributed by atoms with Crippen LogP contribution in [0.1, 0.15) is 31.7 Å². The molecule has 0 amide bonds. The summed E-state index contributed by atoms with van der Waals surface area (Å²) in [6.45, 7) is 3.44. The third kappa shape index (κ3) is 6.78. The summed E-state index contributed by atoms with van der Waals surface area (Å²) >= 11 is 0. The second kappa shape index (κ2) is 8.81. The van der Waals surface area contributed by atoms with Gasteiger partial charge in [0.05, 0.1) is 19.3 Å². The molecule has 0 heterocycles. The van der Waals surface area contributed by atoms with Gasteiger partial charge in [-0.25, -0.2) is 0 Å². The number of hydrogen-bond acceptors (Lipinski definition) is 2. The molecule has 0 aromatic heterocycles. The van der Waals surface area contributed by atoms with E-state index < -0.39 is 0 Å². The Balaban J connectivity index is 2.09. The second-order valence-electron chi connectivity index (χ2n) is 4.00. The van der Waals surface area contributed by atoms with Crippen LogP contribution in [-0.2, 0) is 11.3 Å². The summed E-state index contributed by atoms with van der Waals surface area (Å²) in [5.41, 5.74) is 6.97. The van der Waals surface area contributed by atoms with Crippen molar-refractivity contribution in [3.63, 3.8) is 0 Å². The first kappa shape index (κ1) is 13.8. The van der Waals surface area contributed by atoms with Gasteiger partial charge in [-0.2, -0.15) is 0 Å². The molecule has 0 saturated heterocycles. The smallest absolute Gasteiger partial charge is 0.0717 e. The third-order valence-corrected chi connectivity index (χ3v) is 2.37. The molecular weight excluding hydrogens is 210 g/mol. The van der Waals surface area contributed by atoms with E-state index in [1.165, 1.54) is 5.56 Å². The predicted octanol–water partition coefficient (Wildman–Crippen LogP) is 2.72. The zero-order valence-electron chi connectivity index (χ0n) is 10.5. The maximum atomic E-state index is 5.78. The lowest BCUT2D eigenvalue weighted by Gasteiger charge is -2.02. The molecule has 92 valence electrons. The van der Waals surface area contributed by atoms with E-state index in [0.717, 1.165) is 19.3 Å². The number of ether oxygens (including phenoxy) is 1. The lowest BCUT2D eigenvalue weighted by molar-refractivity contribution is 0.126. The van der Waals surface area contributed by atoms with Crippen LogP contribution in [0.4, 0.5) is 0 Å². The summed E-state index contributed by atoms with van der Waals surface area (Å²) in [5.74, 6) is 6.09. The minimum Gasteiger partial charge on any atom is -0.376 e. The van der Waals surface area contributed by atoms with E-state index in [0.29, 0.717) is 13.2 Å². The van der Waals surface area contributed by atoms with E-state index in [-0.39, 0.29) is 6.04 Å². The summed E-state index contributed by atoms with van der Waals surface area (Å²) in [6, 6.07) is 10.2. The van der Waals surface area contributed by atoms with Crippen molar-refractivity contribution in [3.8, 4) is 11.8 Å². The molecule has 0 aliphatic carbocycles. The van der Waals surface area contributed by atoms with Crippen LogP contribution in [0.3, 0.4) is 0 Å². The zero-order chi connectivity index (χ0) is 12.3. The van der Waals surface area contributed by atoms with Gasteiger partial charge >= 0.3 is 0 Å². The molecule has 0 aliphatic heterocycles. The monoisotopic (exact) mass is 231 g/mol. The van der Waals surface area contributed by atoms with Gasteiger partial charge < -0.3 is 10.5 Å². The van der Waals surface area contributed by atoms with E-state index in [1.54, 1.807) is 0 Å². The Labute approximate surface area is 104 Å². The maximum absolute atomic E-state index is 5.78. The van der Waals surface area contributed by atoms with E-state index in [1.807, 2.05) is 18.2 Å². The predicted molar refractivity (Wildman–Crippen MR) is 71.4 cm³/mol. The highest BCUT2D eigenvalue weighted by Crippen LogP contribution is 2.00. The molecule has 1 aromatic rings. The van der Waals surface area contributed by atoms with Crippen molar-refractivity contribution in [2.75, 3.05) is 6.61 Å². The van der Waals surface area contributed by atoms with Gasteiger partial charge in [-0.15, -0.1) is 0 Å². The Bertz CT molecular complexity index is 350. The van der Waals surface area contributed by atoms with Crippen molar-refractivity contribution >= 4 is 0 Å². The van der Waals surface area contributed by atoms with E-state index >= 15 is 0 Å². The van der Waals surface area contributed by atoms with Crippen molar-refractivity contribution < 1.29 is 4.74 Å².